The van der Waals surface area contributed by atoms with Gasteiger partial charge >= 0.3 is 18.2 Å². The number of amides is 2. The quantitative estimate of drug-likeness (QED) is 0.350. The first kappa shape index (κ1) is 27.7. The Bertz CT molecular complexity index is 1090. The molecule has 206 valence electrons. The number of alkyl halides is 3. The van der Waals surface area contributed by atoms with Gasteiger partial charge in [-0.25, -0.2) is 14.8 Å². The van der Waals surface area contributed by atoms with Crippen molar-refractivity contribution in [2.75, 3.05) is 28.7 Å². The van der Waals surface area contributed by atoms with Gasteiger partial charge in [-0.2, -0.15) is 13.2 Å². The largest absolute Gasteiger partial charge is 0.466 e. The smallest absolute Gasteiger partial charge is 0.389 e. The molecule has 2 N–H and O–H groups in total. The molecule has 0 aliphatic heterocycles. The SMILES string of the molecule is CCOC(=O)[C@@H]1C[C@@H]1c1ccc(N(CCCC(F)(F)F)C2CCCCC2)c(NC(=O)Nc2cncnc2)c1. The van der Waals surface area contributed by atoms with E-state index in [0.29, 0.717) is 30.1 Å². The molecule has 0 bridgehead atoms. The van der Waals surface area contributed by atoms with Crippen molar-refractivity contribution in [2.24, 2.45) is 5.92 Å². The number of halogens is 3. The first-order valence-corrected chi connectivity index (χ1v) is 13.2. The summed E-state index contributed by atoms with van der Waals surface area (Å²) >= 11 is 0. The molecule has 1 heterocycles. The van der Waals surface area contributed by atoms with Crippen LogP contribution < -0.4 is 15.5 Å². The van der Waals surface area contributed by atoms with Crippen LogP contribution in [0, 0.1) is 5.92 Å². The predicted molar refractivity (Wildman–Crippen MR) is 138 cm³/mol. The van der Waals surface area contributed by atoms with Crippen molar-refractivity contribution in [3.63, 3.8) is 0 Å². The number of nitrogens with zero attached hydrogens (tertiary/aromatic N) is 3. The van der Waals surface area contributed by atoms with Crippen LogP contribution in [-0.4, -0.2) is 47.3 Å². The third kappa shape index (κ3) is 7.58. The van der Waals surface area contributed by atoms with Crippen LogP contribution in [0.15, 0.2) is 36.9 Å². The van der Waals surface area contributed by atoms with Gasteiger partial charge in [-0.05, 0) is 56.2 Å². The summed E-state index contributed by atoms with van der Waals surface area (Å²) in [5.74, 6) is -0.498. The monoisotopic (exact) mass is 533 g/mol. The number of carbonyl (C=O) groups excluding carboxylic acids is 2. The molecular weight excluding hydrogens is 499 g/mol. The van der Waals surface area contributed by atoms with E-state index in [1.54, 1.807) is 6.92 Å². The van der Waals surface area contributed by atoms with Crippen LogP contribution in [0.2, 0.25) is 0 Å². The molecule has 1 aromatic carbocycles. The second-order valence-electron chi connectivity index (χ2n) is 9.89. The Hall–Kier alpha value is -3.37. The van der Waals surface area contributed by atoms with Gasteiger partial charge in [0.25, 0.3) is 0 Å². The summed E-state index contributed by atoms with van der Waals surface area (Å²) in [6.45, 7) is 2.30. The standard InChI is InChI=1S/C27H34F3N5O3/c1-2-38-25(36)22-14-21(22)18-9-10-24(23(13-18)34-26(37)33-19-15-31-17-32-16-19)35(12-6-11-27(28,29)30)20-7-4-3-5-8-20/h9-10,13,15-17,20-22H,2-8,11-12,14H2,1H3,(H2,33,34,37)/t21-,22-/m1/s1. The molecule has 2 fully saturated rings. The number of rotatable bonds is 10. The summed E-state index contributed by atoms with van der Waals surface area (Å²) in [4.78, 5) is 34.9. The summed E-state index contributed by atoms with van der Waals surface area (Å²) in [5, 5.41) is 5.58. The fourth-order valence-corrected chi connectivity index (χ4v) is 5.20. The zero-order valence-electron chi connectivity index (χ0n) is 21.5. The Labute approximate surface area is 220 Å². The predicted octanol–water partition coefficient (Wildman–Crippen LogP) is 6.27. The van der Waals surface area contributed by atoms with Crippen LogP contribution in [0.5, 0.6) is 0 Å². The Morgan fingerprint density at radius 2 is 1.84 bits per heavy atom. The topological polar surface area (TPSA) is 96.5 Å². The van der Waals surface area contributed by atoms with Crippen molar-refractivity contribution in [1.29, 1.82) is 0 Å². The number of hydrogen-bond acceptors (Lipinski definition) is 6. The first-order valence-electron chi connectivity index (χ1n) is 13.2. The minimum atomic E-state index is -4.23. The van der Waals surface area contributed by atoms with Crippen molar-refractivity contribution in [1.82, 2.24) is 9.97 Å². The lowest BCUT2D eigenvalue weighted by molar-refractivity contribution is -0.144. The van der Waals surface area contributed by atoms with Gasteiger partial charge in [0.05, 0.1) is 42.0 Å². The second kappa shape index (κ2) is 12.4. The van der Waals surface area contributed by atoms with Gasteiger partial charge in [0.1, 0.15) is 6.33 Å². The van der Waals surface area contributed by atoms with Crippen LogP contribution in [0.25, 0.3) is 0 Å². The molecule has 0 saturated heterocycles. The fraction of sp³-hybridized carbons (Fsp3) is 0.556. The molecule has 2 saturated carbocycles. The molecule has 0 unspecified atom stereocenters. The van der Waals surface area contributed by atoms with Crippen LogP contribution in [-0.2, 0) is 9.53 Å². The molecule has 0 radical (unpaired) electrons. The molecule has 0 spiro atoms. The van der Waals surface area contributed by atoms with Gasteiger partial charge in [0.2, 0.25) is 0 Å². The third-order valence-corrected chi connectivity index (χ3v) is 7.08. The maximum absolute atomic E-state index is 13.0. The highest BCUT2D eigenvalue weighted by Gasteiger charge is 2.45. The van der Waals surface area contributed by atoms with E-state index in [9.17, 15) is 22.8 Å². The van der Waals surface area contributed by atoms with Gasteiger partial charge < -0.3 is 20.3 Å². The molecule has 8 nitrogen and oxygen atoms in total. The molecule has 2 aliphatic rings. The number of anilines is 3. The van der Waals surface area contributed by atoms with Crippen molar-refractivity contribution in [2.45, 2.75) is 76.4 Å². The Kier molecular flexibility index (Phi) is 9.06. The van der Waals surface area contributed by atoms with Crippen LogP contribution >= 0.6 is 0 Å². The lowest BCUT2D eigenvalue weighted by Gasteiger charge is -2.37. The lowest BCUT2D eigenvalue weighted by atomic mass is 9.93. The molecular formula is C27H34F3N5O3. The van der Waals surface area contributed by atoms with Gasteiger partial charge in [-0.15, -0.1) is 0 Å². The van der Waals surface area contributed by atoms with E-state index >= 15 is 0 Å². The lowest BCUT2D eigenvalue weighted by Crippen LogP contribution is -2.38. The van der Waals surface area contributed by atoms with Crippen molar-refractivity contribution in [3.05, 3.63) is 42.5 Å². The highest BCUT2D eigenvalue weighted by atomic mass is 19.4. The maximum atomic E-state index is 13.0. The number of aromatic nitrogens is 2. The summed E-state index contributed by atoms with van der Waals surface area (Å²) in [6, 6.07) is 5.17. The average molecular weight is 534 g/mol. The zero-order valence-corrected chi connectivity index (χ0v) is 21.5. The van der Waals surface area contributed by atoms with Gasteiger partial charge in [-0.1, -0.05) is 25.3 Å². The number of carbonyl (C=O) groups is 2. The Morgan fingerprint density at radius 3 is 2.53 bits per heavy atom. The minimum absolute atomic E-state index is 0.0254. The summed E-state index contributed by atoms with van der Waals surface area (Å²) in [7, 11) is 0. The van der Waals surface area contributed by atoms with E-state index in [1.807, 2.05) is 23.1 Å². The van der Waals surface area contributed by atoms with Crippen LogP contribution in [0.1, 0.15) is 69.8 Å². The van der Waals surface area contributed by atoms with E-state index < -0.39 is 18.6 Å². The number of benzene rings is 1. The number of urea groups is 1. The summed E-state index contributed by atoms with van der Waals surface area (Å²) in [6.07, 6.45) is 4.70. The molecule has 4 rings (SSSR count). The number of nitrogens with one attached hydrogen (secondary N) is 2. The molecule has 2 atom stereocenters. The molecule has 38 heavy (non-hydrogen) atoms. The van der Waals surface area contributed by atoms with Crippen molar-refractivity contribution in [3.8, 4) is 0 Å². The van der Waals surface area contributed by atoms with E-state index in [0.717, 1.165) is 37.7 Å². The second-order valence-corrected chi connectivity index (χ2v) is 9.89. The Morgan fingerprint density at radius 1 is 1.11 bits per heavy atom. The first-order chi connectivity index (χ1) is 18.2. The highest BCUT2D eigenvalue weighted by Crippen LogP contribution is 2.49. The van der Waals surface area contributed by atoms with Gasteiger partial charge in [0.15, 0.2) is 0 Å². The normalized spacial score (nSPS) is 19.5. The van der Waals surface area contributed by atoms with E-state index in [1.165, 1.54) is 18.7 Å². The van der Waals surface area contributed by atoms with E-state index in [4.69, 9.17) is 4.74 Å². The number of esters is 1. The summed E-state index contributed by atoms with van der Waals surface area (Å²) < 4.78 is 44.1. The third-order valence-electron chi connectivity index (χ3n) is 7.08. The fourth-order valence-electron chi connectivity index (χ4n) is 5.20. The molecule has 2 aliphatic carbocycles. The van der Waals surface area contributed by atoms with E-state index in [-0.39, 0.29) is 36.8 Å². The van der Waals surface area contributed by atoms with Gasteiger partial charge in [0, 0.05) is 19.0 Å². The minimum Gasteiger partial charge on any atom is -0.466 e. The van der Waals surface area contributed by atoms with Gasteiger partial charge in [-0.3, -0.25) is 4.79 Å². The van der Waals surface area contributed by atoms with Crippen LogP contribution in [0.4, 0.5) is 35.0 Å². The van der Waals surface area contributed by atoms with Crippen LogP contribution in [0.3, 0.4) is 0 Å². The average Bonchev–Trinajstić information content (AvgIpc) is 3.69. The zero-order chi connectivity index (χ0) is 27.1. The van der Waals surface area contributed by atoms with Crippen molar-refractivity contribution < 1.29 is 27.5 Å². The van der Waals surface area contributed by atoms with E-state index in [2.05, 4.69) is 20.6 Å². The summed E-state index contributed by atoms with van der Waals surface area (Å²) in [5.41, 5.74) is 2.45. The highest BCUT2D eigenvalue weighted by molar-refractivity contribution is 6.01. The molecule has 1 aromatic heterocycles. The maximum Gasteiger partial charge on any atom is 0.389 e. The Balaban J connectivity index is 1.61. The molecule has 11 heteroatoms. The molecule has 2 amide bonds. The molecule has 2 aromatic rings. The van der Waals surface area contributed by atoms with Crippen molar-refractivity contribution >= 4 is 29.1 Å². The number of ether oxygens (including phenoxy) is 1. The number of hydrogen-bond donors (Lipinski definition) is 2.